The van der Waals surface area contributed by atoms with Crippen molar-refractivity contribution in [2.75, 3.05) is 45.1 Å². The van der Waals surface area contributed by atoms with Gasteiger partial charge in [0.05, 0.1) is 18.9 Å². The average molecular weight is 407 g/mol. The van der Waals surface area contributed by atoms with Crippen LogP contribution in [0.1, 0.15) is 21.5 Å². The molecule has 0 unspecified atom stereocenters. The second-order valence-electron chi connectivity index (χ2n) is 7.77. The largest absolute Gasteiger partial charge is 0.398 e. The quantitative estimate of drug-likeness (QED) is 0.508. The standard InChI is InChI=1S/C22H25N5O3/c23-18-4-2-1-3-17(18)19(24)15-5-7-16(8-6-15)20(28)26-9-11-27(12-10-26)21(29)22(25)13-30-14-22/h1-8,24H,9-14,23,25H2. The molecule has 0 spiro atoms. The minimum absolute atomic E-state index is 0.0890. The van der Waals surface area contributed by atoms with E-state index < -0.39 is 5.54 Å². The summed E-state index contributed by atoms with van der Waals surface area (Å²) >= 11 is 0. The molecule has 2 amide bonds. The van der Waals surface area contributed by atoms with Crippen molar-refractivity contribution < 1.29 is 14.3 Å². The summed E-state index contributed by atoms with van der Waals surface area (Å²) in [5, 5.41) is 8.39. The number of para-hydroxylation sites is 1. The van der Waals surface area contributed by atoms with Gasteiger partial charge in [0.15, 0.2) is 0 Å². The van der Waals surface area contributed by atoms with Crippen LogP contribution >= 0.6 is 0 Å². The van der Waals surface area contributed by atoms with Crippen molar-refractivity contribution in [1.29, 1.82) is 5.41 Å². The monoisotopic (exact) mass is 407 g/mol. The number of hydrogen-bond acceptors (Lipinski definition) is 6. The van der Waals surface area contributed by atoms with E-state index in [1.165, 1.54) is 0 Å². The molecule has 2 saturated heterocycles. The van der Waals surface area contributed by atoms with Gasteiger partial charge in [-0.1, -0.05) is 30.3 Å². The molecule has 0 bridgehead atoms. The van der Waals surface area contributed by atoms with Gasteiger partial charge in [-0.05, 0) is 18.2 Å². The number of carbonyl (C=O) groups is 2. The zero-order valence-electron chi connectivity index (χ0n) is 16.6. The zero-order chi connectivity index (χ0) is 21.3. The van der Waals surface area contributed by atoms with E-state index in [2.05, 4.69) is 0 Å². The lowest BCUT2D eigenvalue weighted by Crippen LogP contribution is -2.68. The molecule has 156 valence electrons. The van der Waals surface area contributed by atoms with Gasteiger partial charge in [-0.15, -0.1) is 0 Å². The van der Waals surface area contributed by atoms with Crippen LogP contribution in [0.5, 0.6) is 0 Å². The third-order valence-corrected chi connectivity index (χ3v) is 5.65. The van der Waals surface area contributed by atoms with Crippen molar-refractivity contribution in [3.8, 4) is 0 Å². The first-order valence-corrected chi connectivity index (χ1v) is 9.88. The van der Waals surface area contributed by atoms with Crippen LogP contribution in [-0.4, -0.2) is 72.3 Å². The highest BCUT2D eigenvalue weighted by Crippen LogP contribution is 2.20. The van der Waals surface area contributed by atoms with Gasteiger partial charge in [0, 0.05) is 48.6 Å². The fraction of sp³-hybridized carbons (Fsp3) is 0.318. The number of nitrogen functional groups attached to an aromatic ring is 1. The first kappa shape index (κ1) is 20.1. The highest BCUT2D eigenvalue weighted by atomic mass is 16.5. The van der Waals surface area contributed by atoms with Crippen LogP contribution in [0.4, 0.5) is 5.69 Å². The lowest BCUT2D eigenvalue weighted by Gasteiger charge is -2.43. The fourth-order valence-corrected chi connectivity index (χ4v) is 3.72. The summed E-state index contributed by atoms with van der Waals surface area (Å²) < 4.78 is 5.07. The van der Waals surface area contributed by atoms with Gasteiger partial charge >= 0.3 is 0 Å². The molecule has 8 heteroatoms. The van der Waals surface area contributed by atoms with Crippen LogP contribution in [0.3, 0.4) is 0 Å². The number of benzene rings is 2. The van der Waals surface area contributed by atoms with Crippen LogP contribution in [0, 0.1) is 5.41 Å². The molecule has 0 atom stereocenters. The Labute approximate surface area is 174 Å². The van der Waals surface area contributed by atoms with Crippen LogP contribution in [0.2, 0.25) is 0 Å². The normalized spacial score (nSPS) is 17.9. The first-order chi connectivity index (χ1) is 14.4. The van der Waals surface area contributed by atoms with Gasteiger partial charge < -0.3 is 26.0 Å². The van der Waals surface area contributed by atoms with Crippen molar-refractivity contribution in [3.05, 3.63) is 65.2 Å². The van der Waals surface area contributed by atoms with Crippen molar-refractivity contribution >= 4 is 23.2 Å². The first-order valence-electron chi connectivity index (χ1n) is 9.88. The van der Waals surface area contributed by atoms with Crippen molar-refractivity contribution in [3.63, 3.8) is 0 Å². The molecule has 0 aromatic heterocycles. The molecule has 0 aliphatic carbocycles. The minimum atomic E-state index is -0.908. The summed E-state index contributed by atoms with van der Waals surface area (Å²) in [6.07, 6.45) is 0. The Hall–Kier alpha value is -3.23. The molecule has 8 nitrogen and oxygen atoms in total. The van der Waals surface area contributed by atoms with Crippen LogP contribution in [0.25, 0.3) is 0 Å². The van der Waals surface area contributed by atoms with Crippen LogP contribution < -0.4 is 11.5 Å². The number of rotatable bonds is 4. The SMILES string of the molecule is N=C(c1ccc(C(=O)N2CCN(C(=O)C3(N)COC3)CC2)cc1)c1ccccc1N. The Bertz CT molecular complexity index is 977. The Morgan fingerprint density at radius 2 is 1.47 bits per heavy atom. The Morgan fingerprint density at radius 1 is 0.900 bits per heavy atom. The van der Waals surface area contributed by atoms with Gasteiger partial charge in [0.25, 0.3) is 5.91 Å². The zero-order valence-corrected chi connectivity index (χ0v) is 16.6. The molecule has 2 fully saturated rings. The summed E-state index contributed by atoms with van der Waals surface area (Å²) in [6.45, 7) is 2.33. The van der Waals surface area contributed by atoms with Crippen molar-refractivity contribution in [2.24, 2.45) is 5.73 Å². The smallest absolute Gasteiger partial charge is 0.253 e. The number of amides is 2. The molecule has 30 heavy (non-hydrogen) atoms. The molecule has 4 rings (SSSR count). The van der Waals surface area contributed by atoms with E-state index in [0.717, 1.165) is 0 Å². The maximum absolute atomic E-state index is 12.8. The maximum Gasteiger partial charge on any atom is 0.253 e. The fourth-order valence-electron chi connectivity index (χ4n) is 3.72. The van der Waals surface area contributed by atoms with Gasteiger partial charge in [0.2, 0.25) is 5.91 Å². The van der Waals surface area contributed by atoms with E-state index in [1.54, 1.807) is 46.2 Å². The summed E-state index contributed by atoms with van der Waals surface area (Å²) in [4.78, 5) is 28.8. The number of anilines is 1. The molecule has 2 heterocycles. The topological polar surface area (TPSA) is 126 Å². The van der Waals surface area contributed by atoms with E-state index in [4.69, 9.17) is 21.6 Å². The van der Waals surface area contributed by atoms with Crippen LogP contribution in [-0.2, 0) is 9.53 Å². The van der Waals surface area contributed by atoms with Crippen LogP contribution in [0.15, 0.2) is 48.5 Å². The van der Waals surface area contributed by atoms with Crippen molar-refractivity contribution in [1.82, 2.24) is 9.80 Å². The molecule has 0 saturated carbocycles. The lowest BCUT2D eigenvalue weighted by atomic mass is 9.96. The summed E-state index contributed by atoms with van der Waals surface area (Å²) in [5.74, 6) is -0.197. The molecular formula is C22H25N5O3. The second-order valence-corrected chi connectivity index (χ2v) is 7.77. The average Bonchev–Trinajstić information content (AvgIpc) is 2.76. The van der Waals surface area contributed by atoms with Gasteiger partial charge in [-0.25, -0.2) is 0 Å². The van der Waals surface area contributed by atoms with E-state index in [0.29, 0.717) is 54.3 Å². The molecule has 2 aromatic carbocycles. The van der Waals surface area contributed by atoms with E-state index in [-0.39, 0.29) is 25.0 Å². The number of ether oxygens (including phenoxy) is 1. The third-order valence-electron chi connectivity index (χ3n) is 5.65. The summed E-state index contributed by atoms with van der Waals surface area (Å²) in [7, 11) is 0. The Morgan fingerprint density at radius 3 is 2.03 bits per heavy atom. The highest BCUT2D eigenvalue weighted by Gasteiger charge is 2.45. The minimum Gasteiger partial charge on any atom is -0.398 e. The summed E-state index contributed by atoms with van der Waals surface area (Å²) in [6, 6.07) is 14.2. The predicted molar refractivity (Wildman–Crippen MR) is 113 cm³/mol. The van der Waals surface area contributed by atoms with E-state index in [9.17, 15) is 9.59 Å². The Balaban J connectivity index is 1.38. The lowest BCUT2D eigenvalue weighted by molar-refractivity contribution is -0.155. The van der Waals surface area contributed by atoms with Crippen molar-refractivity contribution in [2.45, 2.75) is 5.54 Å². The Kier molecular flexibility index (Phi) is 5.27. The highest BCUT2D eigenvalue weighted by molar-refractivity contribution is 6.14. The molecule has 2 aliphatic rings. The van der Waals surface area contributed by atoms with E-state index in [1.807, 2.05) is 12.1 Å². The predicted octanol–water partition coefficient (Wildman–Crippen LogP) is 0.697. The second kappa shape index (κ2) is 7.89. The number of nitrogens with one attached hydrogen (secondary N) is 1. The maximum atomic E-state index is 12.8. The number of nitrogens with zero attached hydrogens (tertiary/aromatic N) is 2. The molecule has 2 aliphatic heterocycles. The third kappa shape index (κ3) is 3.67. The van der Waals surface area contributed by atoms with Gasteiger partial charge in [0.1, 0.15) is 5.54 Å². The molecule has 5 N–H and O–H groups in total. The van der Waals surface area contributed by atoms with E-state index >= 15 is 0 Å². The van der Waals surface area contributed by atoms with Gasteiger partial charge in [-0.2, -0.15) is 0 Å². The number of hydrogen-bond donors (Lipinski definition) is 3. The number of nitrogens with two attached hydrogens (primary N) is 2. The molecule has 2 aromatic rings. The van der Waals surface area contributed by atoms with Gasteiger partial charge in [-0.3, -0.25) is 15.0 Å². The summed E-state index contributed by atoms with van der Waals surface area (Å²) in [5.41, 5.74) is 13.8. The molecule has 0 radical (unpaired) electrons. The molecular weight excluding hydrogens is 382 g/mol. The number of carbonyl (C=O) groups excluding carboxylic acids is 2. The number of piperazine rings is 1.